The maximum Gasteiger partial charge on any atom is 0.234 e. The van der Waals surface area contributed by atoms with Crippen molar-refractivity contribution in [2.75, 3.05) is 19.0 Å². The number of ether oxygens (including phenoxy) is 2. The molecule has 196 valence electrons. The van der Waals surface area contributed by atoms with Crippen molar-refractivity contribution in [3.05, 3.63) is 47.5 Å². The van der Waals surface area contributed by atoms with Gasteiger partial charge in [-0.3, -0.25) is 9.69 Å². The first kappa shape index (κ1) is 25.5. The second kappa shape index (κ2) is 11.1. The number of hydrogen-bond acceptors (Lipinski definition) is 7. The van der Waals surface area contributed by atoms with Crippen molar-refractivity contribution in [3.63, 3.8) is 0 Å². The van der Waals surface area contributed by atoms with E-state index in [2.05, 4.69) is 20.2 Å². The first-order valence-corrected chi connectivity index (χ1v) is 13.1. The van der Waals surface area contributed by atoms with Gasteiger partial charge < -0.3 is 20.5 Å². The highest BCUT2D eigenvalue weighted by Crippen LogP contribution is 2.38. The van der Waals surface area contributed by atoms with E-state index in [0.29, 0.717) is 34.3 Å². The lowest BCUT2D eigenvalue weighted by Gasteiger charge is -2.42. The van der Waals surface area contributed by atoms with Crippen LogP contribution in [0, 0.1) is 5.82 Å². The summed E-state index contributed by atoms with van der Waals surface area (Å²) in [4.78, 5) is 23.0. The molecule has 2 aromatic carbocycles. The van der Waals surface area contributed by atoms with E-state index in [0.717, 1.165) is 51.5 Å². The predicted octanol–water partition coefficient (Wildman–Crippen LogP) is 5.20. The summed E-state index contributed by atoms with van der Waals surface area (Å²) in [6, 6.07) is 8.56. The smallest absolute Gasteiger partial charge is 0.234 e. The van der Waals surface area contributed by atoms with Gasteiger partial charge in [0.2, 0.25) is 5.91 Å². The first-order chi connectivity index (χ1) is 17.9. The van der Waals surface area contributed by atoms with Crippen molar-refractivity contribution in [2.24, 2.45) is 5.73 Å². The highest BCUT2D eigenvalue weighted by atomic mass is 35.5. The number of halogens is 2. The molecule has 3 aromatic rings. The fraction of sp³-hybridized carbons (Fsp3) is 0.444. The maximum absolute atomic E-state index is 14.5. The Morgan fingerprint density at radius 1 is 1.14 bits per heavy atom. The van der Waals surface area contributed by atoms with E-state index in [4.69, 9.17) is 26.8 Å². The summed E-state index contributed by atoms with van der Waals surface area (Å²) in [5.41, 5.74) is 6.54. The maximum atomic E-state index is 14.5. The molecule has 1 unspecified atom stereocenters. The molecule has 1 saturated carbocycles. The molecule has 0 bridgehead atoms. The van der Waals surface area contributed by atoms with E-state index in [1.54, 1.807) is 25.3 Å². The zero-order valence-corrected chi connectivity index (χ0v) is 21.5. The van der Waals surface area contributed by atoms with E-state index >= 15 is 0 Å². The van der Waals surface area contributed by atoms with E-state index in [1.165, 1.54) is 12.4 Å². The fourth-order valence-corrected chi connectivity index (χ4v) is 5.69. The van der Waals surface area contributed by atoms with Gasteiger partial charge in [-0.1, -0.05) is 24.1 Å². The van der Waals surface area contributed by atoms with Crippen LogP contribution in [-0.4, -0.2) is 52.6 Å². The zero-order valence-electron chi connectivity index (χ0n) is 20.8. The van der Waals surface area contributed by atoms with Crippen molar-refractivity contribution in [1.82, 2.24) is 14.9 Å². The standard InChI is InChI=1S/C27H31ClFN5O3/c1-36-23-14-21-18(27(32-15-31-21)33-20-6-4-5-19(28)25(20)29)13-24(23)37-17-10-8-16(9-11-17)34-12-3-2-7-22(34)26(30)35/h4-6,13-17,22H,2-3,7-12H2,1H3,(H2,30,35)(H,31,32,33)/t16-,17+,22?. The largest absolute Gasteiger partial charge is 0.493 e. The highest BCUT2D eigenvalue weighted by molar-refractivity contribution is 6.31. The van der Waals surface area contributed by atoms with Gasteiger partial charge in [0, 0.05) is 17.5 Å². The number of nitrogens with two attached hydrogens (primary N) is 1. The topological polar surface area (TPSA) is 103 Å². The van der Waals surface area contributed by atoms with Crippen LogP contribution >= 0.6 is 11.6 Å². The molecule has 0 spiro atoms. The molecule has 1 saturated heterocycles. The Balaban J connectivity index is 1.34. The summed E-state index contributed by atoms with van der Waals surface area (Å²) < 4.78 is 26.5. The van der Waals surface area contributed by atoms with Crippen LogP contribution < -0.4 is 20.5 Å². The van der Waals surface area contributed by atoms with Crippen LogP contribution in [0.2, 0.25) is 5.02 Å². The van der Waals surface area contributed by atoms with Crippen molar-refractivity contribution >= 4 is 39.9 Å². The number of rotatable bonds is 7. The van der Waals surface area contributed by atoms with Gasteiger partial charge >= 0.3 is 0 Å². The van der Waals surface area contributed by atoms with Crippen molar-refractivity contribution in [3.8, 4) is 11.5 Å². The Morgan fingerprint density at radius 3 is 2.70 bits per heavy atom. The van der Waals surface area contributed by atoms with Crippen molar-refractivity contribution in [2.45, 2.75) is 63.1 Å². The molecule has 1 aromatic heterocycles. The number of fused-ring (bicyclic) bond motifs is 1. The van der Waals surface area contributed by atoms with Crippen LogP contribution in [0.1, 0.15) is 44.9 Å². The average Bonchev–Trinajstić information content (AvgIpc) is 2.91. The molecule has 3 N–H and O–H groups in total. The molecule has 2 fully saturated rings. The van der Waals surface area contributed by atoms with E-state index in [1.807, 2.05) is 6.07 Å². The highest BCUT2D eigenvalue weighted by Gasteiger charge is 2.35. The van der Waals surface area contributed by atoms with Crippen LogP contribution in [0.4, 0.5) is 15.9 Å². The molecule has 10 heteroatoms. The number of primary amides is 1. The number of carbonyl (C=O) groups excluding carboxylic acids is 1. The first-order valence-electron chi connectivity index (χ1n) is 12.7. The predicted molar refractivity (Wildman–Crippen MR) is 141 cm³/mol. The third-order valence-corrected chi connectivity index (χ3v) is 7.70. The van der Waals surface area contributed by atoms with E-state index in [-0.39, 0.29) is 28.8 Å². The van der Waals surface area contributed by atoms with Gasteiger partial charge in [-0.05, 0) is 63.3 Å². The molecule has 0 radical (unpaired) electrons. The third-order valence-electron chi connectivity index (χ3n) is 7.40. The summed E-state index contributed by atoms with van der Waals surface area (Å²) >= 11 is 5.94. The molecular formula is C27H31ClFN5O3. The third kappa shape index (κ3) is 5.43. The number of piperidine rings is 1. The van der Waals surface area contributed by atoms with Crippen LogP contribution in [0.15, 0.2) is 36.7 Å². The van der Waals surface area contributed by atoms with Gasteiger partial charge in [-0.2, -0.15) is 0 Å². The number of nitrogens with zero attached hydrogens (tertiary/aromatic N) is 3. The summed E-state index contributed by atoms with van der Waals surface area (Å²) in [5.74, 6) is 0.812. The molecule has 5 rings (SSSR count). The summed E-state index contributed by atoms with van der Waals surface area (Å²) in [6.45, 7) is 0.922. The second-order valence-corrected chi connectivity index (χ2v) is 10.1. The van der Waals surface area contributed by atoms with Crippen LogP contribution in [0.3, 0.4) is 0 Å². The minimum atomic E-state index is -0.551. The quantitative estimate of drug-likeness (QED) is 0.435. The number of benzene rings is 2. The Morgan fingerprint density at radius 2 is 1.95 bits per heavy atom. The molecule has 37 heavy (non-hydrogen) atoms. The molecule has 2 aliphatic rings. The molecule has 1 aliphatic heterocycles. The molecular weight excluding hydrogens is 497 g/mol. The zero-order chi connectivity index (χ0) is 25.9. The summed E-state index contributed by atoms with van der Waals surface area (Å²) in [7, 11) is 1.59. The van der Waals surface area contributed by atoms with Gasteiger partial charge in [-0.25, -0.2) is 14.4 Å². The molecule has 1 amide bonds. The lowest BCUT2D eigenvalue weighted by molar-refractivity contribution is -0.126. The Kier molecular flexibility index (Phi) is 7.62. The number of amides is 1. The van der Waals surface area contributed by atoms with Gasteiger partial charge in [0.25, 0.3) is 0 Å². The Hall–Kier alpha value is -3.17. The minimum Gasteiger partial charge on any atom is -0.493 e. The van der Waals surface area contributed by atoms with Gasteiger partial charge in [0.15, 0.2) is 17.3 Å². The lowest BCUT2D eigenvalue weighted by atomic mass is 9.88. The van der Waals surface area contributed by atoms with Gasteiger partial charge in [0.05, 0.1) is 35.5 Å². The molecule has 2 heterocycles. The fourth-order valence-electron chi connectivity index (χ4n) is 5.51. The number of hydrogen-bond donors (Lipinski definition) is 2. The van der Waals surface area contributed by atoms with E-state index in [9.17, 15) is 9.18 Å². The number of methoxy groups -OCH3 is 1. The van der Waals surface area contributed by atoms with Gasteiger partial charge in [0.1, 0.15) is 12.1 Å². The average molecular weight is 528 g/mol. The number of anilines is 2. The van der Waals surface area contributed by atoms with Crippen LogP contribution in [-0.2, 0) is 4.79 Å². The van der Waals surface area contributed by atoms with Crippen LogP contribution in [0.25, 0.3) is 10.9 Å². The Labute approximate surface area is 220 Å². The normalized spacial score (nSPS) is 22.5. The Bertz CT molecular complexity index is 1280. The lowest BCUT2D eigenvalue weighted by Crippen LogP contribution is -2.53. The number of carbonyl (C=O) groups is 1. The minimum absolute atomic E-state index is 0.00540. The number of aromatic nitrogens is 2. The molecule has 8 nitrogen and oxygen atoms in total. The van der Waals surface area contributed by atoms with Crippen molar-refractivity contribution in [1.29, 1.82) is 0 Å². The summed E-state index contributed by atoms with van der Waals surface area (Å²) in [6.07, 6.45) is 8.01. The number of nitrogens with one attached hydrogen (secondary N) is 1. The van der Waals surface area contributed by atoms with Gasteiger partial charge in [-0.15, -0.1) is 0 Å². The van der Waals surface area contributed by atoms with Crippen LogP contribution in [0.5, 0.6) is 11.5 Å². The number of likely N-dealkylation sites (tertiary alicyclic amines) is 1. The van der Waals surface area contributed by atoms with Crippen molar-refractivity contribution < 1.29 is 18.7 Å². The SMILES string of the molecule is COc1cc2ncnc(Nc3cccc(Cl)c3F)c2cc1O[C@H]1CC[C@@H](N2CCCCC2C(N)=O)CC1. The molecule has 1 atom stereocenters. The molecule has 1 aliphatic carbocycles. The second-order valence-electron chi connectivity index (χ2n) is 9.67. The summed E-state index contributed by atoms with van der Waals surface area (Å²) in [5, 5.41) is 3.72. The monoisotopic (exact) mass is 527 g/mol. The van der Waals surface area contributed by atoms with E-state index < -0.39 is 5.82 Å².